The van der Waals surface area contributed by atoms with Crippen LogP contribution < -0.4 is 0 Å². The molecule has 0 heterocycles. The maximum Gasteiger partial charge on any atom is 0.269 e. The summed E-state index contributed by atoms with van der Waals surface area (Å²) in [5.74, 6) is -2.56. The summed E-state index contributed by atoms with van der Waals surface area (Å²) < 4.78 is 27.1. The molecule has 1 aromatic carbocycles. The molecule has 0 amide bonds. The summed E-state index contributed by atoms with van der Waals surface area (Å²) in [5.41, 5.74) is 6.80. The quantitative estimate of drug-likeness (QED) is 0.402. The number of allylic oxidation sites excluding steroid dienone is 7. The van der Waals surface area contributed by atoms with Crippen LogP contribution in [0, 0.1) is 12.8 Å². The van der Waals surface area contributed by atoms with Gasteiger partial charge in [-0.25, -0.2) is 8.78 Å². The van der Waals surface area contributed by atoms with Gasteiger partial charge in [0.15, 0.2) is 0 Å². The van der Waals surface area contributed by atoms with Crippen molar-refractivity contribution in [1.29, 1.82) is 0 Å². The number of halogens is 2. The van der Waals surface area contributed by atoms with Gasteiger partial charge >= 0.3 is 0 Å². The third-order valence-corrected chi connectivity index (χ3v) is 5.20. The van der Waals surface area contributed by atoms with Crippen LogP contribution in [-0.2, 0) is 0 Å². The van der Waals surface area contributed by atoms with E-state index < -0.39 is 5.92 Å². The first-order valence-corrected chi connectivity index (χ1v) is 9.76. The van der Waals surface area contributed by atoms with Crippen LogP contribution >= 0.6 is 0 Å². The molecule has 0 aliphatic heterocycles. The molecule has 148 valence electrons. The van der Waals surface area contributed by atoms with Crippen LogP contribution in [-0.4, -0.2) is 5.92 Å². The molecule has 0 saturated heterocycles. The van der Waals surface area contributed by atoms with Gasteiger partial charge in [0.2, 0.25) is 0 Å². The first-order chi connectivity index (χ1) is 12.5. The van der Waals surface area contributed by atoms with E-state index >= 15 is 0 Å². The van der Waals surface area contributed by atoms with E-state index in [4.69, 9.17) is 0 Å². The number of benzene rings is 1. The zero-order chi connectivity index (χ0) is 20.8. The predicted molar refractivity (Wildman–Crippen MR) is 116 cm³/mol. The molecular weight excluding hydrogens is 338 g/mol. The maximum atomic E-state index is 13.5. The van der Waals surface area contributed by atoms with Crippen molar-refractivity contribution in [2.45, 2.75) is 67.2 Å². The second kappa shape index (κ2) is 9.82. The second-order valence-electron chi connectivity index (χ2n) is 7.56. The van der Waals surface area contributed by atoms with E-state index in [9.17, 15) is 8.78 Å². The minimum atomic E-state index is -2.91. The number of hydrogen-bond acceptors (Lipinski definition) is 0. The Balaban J connectivity index is 3.59. The lowest BCUT2D eigenvalue weighted by Crippen LogP contribution is -2.10. The maximum absolute atomic E-state index is 13.5. The van der Waals surface area contributed by atoms with Gasteiger partial charge in [-0.1, -0.05) is 81.3 Å². The van der Waals surface area contributed by atoms with Gasteiger partial charge in [-0.3, -0.25) is 0 Å². The van der Waals surface area contributed by atoms with Crippen molar-refractivity contribution < 1.29 is 8.78 Å². The highest BCUT2D eigenvalue weighted by Gasteiger charge is 2.23. The average Bonchev–Trinajstić information content (AvgIpc) is 2.62. The molecule has 1 atom stereocenters. The molecule has 0 aliphatic carbocycles. The Bertz CT molecular complexity index is 755. The van der Waals surface area contributed by atoms with E-state index in [-0.39, 0.29) is 5.57 Å². The molecule has 0 saturated carbocycles. The van der Waals surface area contributed by atoms with E-state index in [1.165, 1.54) is 28.3 Å². The standard InChI is InChI=1S/C25H34F2/c1-9-17(3)15-22(13-12-20(6)25(8,26)27)23-14-11-18(4)16-24(23)21(7)19(5)10-2/h11-17H,6,9-10H2,1-5,7-8H3/b13-12-,21-19-,22-15+. The first kappa shape index (κ1) is 23.1. The highest BCUT2D eigenvalue weighted by Crippen LogP contribution is 2.32. The van der Waals surface area contributed by atoms with Crippen LogP contribution in [0.2, 0.25) is 0 Å². The summed E-state index contributed by atoms with van der Waals surface area (Å²) in [7, 11) is 0. The molecule has 0 N–H and O–H groups in total. The van der Waals surface area contributed by atoms with Gasteiger partial charge in [0, 0.05) is 12.5 Å². The van der Waals surface area contributed by atoms with Crippen molar-refractivity contribution in [3.8, 4) is 0 Å². The Morgan fingerprint density at radius 3 is 2.30 bits per heavy atom. The van der Waals surface area contributed by atoms with Crippen LogP contribution in [0.4, 0.5) is 8.78 Å². The summed E-state index contributed by atoms with van der Waals surface area (Å²) in [6, 6.07) is 6.36. The monoisotopic (exact) mass is 372 g/mol. The third kappa shape index (κ3) is 6.61. The number of alkyl halides is 2. The topological polar surface area (TPSA) is 0 Å². The molecule has 0 aliphatic rings. The Morgan fingerprint density at radius 2 is 1.78 bits per heavy atom. The lowest BCUT2D eigenvalue weighted by Gasteiger charge is -2.17. The first-order valence-electron chi connectivity index (χ1n) is 9.76. The molecule has 0 aromatic heterocycles. The van der Waals surface area contributed by atoms with E-state index in [1.807, 2.05) is 0 Å². The zero-order valence-corrected chi connectivity index (χ0v) is 17.9. The van der Waals surface area contributed by atoms with Gasteiger partial charge in [0.1, 0.15) is 0 Å². The summed E-state index contributed by atoms with van der Waals surface area (Å²) in [6.07, 6.45) is 7.38. The van der Waals surface area contributed by atoms with Crippen LogP contribution in [0.5, 0.6) is 0 Å². The van der Waals surface area contributed by atoms with Crippen LogP contribution in [0.1, 0.15) is 71.1 Å². The van der Waals surface area contributed by atoms with Crippen LogP contribution in [0.3, 0.4) is 0 Å². The lowest BCUT2D eigenvalue weighted by molar-refractivity contribution is 0.0680. The Morgan fingerprint density at radius 1 is 1.15 bits per heavy atom. The van der Waals surface area contributed by atoms with Crippen molar-refractivity contribution >= 4 is 11.1 Å². The fourth-order valence-electron chi connectivity index (χ4n) is 2.71. The average molecular weight is 373 g/mol. The van der Waals surface area contributed by atoms with Crippen LogP contribution in [0.25, 0.3) is 11.1 Å². The molecule has 0 spiro atoms. The number of rotatable bonds is 8. The number of hydrogen-bond donors (Lipinski definition) is 0. The minimum absolute atomic E-state index is 0.178. The van der Waals surface area contributed by atoms with Gasteiger partial charge < -0.3 is 0 Å². The van der Waals surface area contributed by atoms with Gasteiger partial charge in [0.25, 0.3) is 5.92 Å². The summed E-state index contributed by atoms with van der Waals surface area (Å²) >= 11 is 0. The summed E-state index contributed by atoms with van der Waals surface area (Å²) in [4.78, 5) is 0. The summed E-state index contributed by atoms with van der Waals surface area (Å²) in [6.45, 7) is 17.2. The lowest BCUT2D eigenvalue weighted by atomic mass is 9.88. The molecule has 0 fully saturated rings. The fourth-order valence-corrected chi connectivity index (χ4v) is 2.71. The molecule has 1 rings (SSSR count). The molecule has 1 aromatic rings. The third-order valence-electron chi connectivity index (χ3n) is 5.20. The minimum Gasteiger partial charge on any atom is -0.202 e. The van der Waals surface area contributed by atoms with Crippen molar-refractivity contribution in [1.82, 2.24) is 0 Å². The van der Waals surface area contributed by atoms with E-state index in [0.29, 0.717) is 5.92 Å². The van der Waals surface area contributed by atoms with Crippen molar-refractivity contribution in [3.05, 3.63) is 70.8 Å². The number of aryl methyl sites for hydroxylation is 1. The van der Waals surface area contributed by atoms with E-state index in [2.05, 4.69) is 72.4 Å². The second-order valence-corrected chi connectivity index (χ2v) is 7.56. The Hall–Kier alpha value is -1.96. The largest absolute Gasteiger partial charge is 0.269 e. The predicted octanol–water partition coefficient (Wildman–Crippen LogP) is 8.40. The molecule has 2 heteroatoms. The molecule has 0 nitrogen and oxygen atoms in total. The van der Waals surface area contributed by atoms with Crippen molar-refractivity contribution in [2.24, 2.45) is 5.92 Å². The smallest absolute Gasteiger partial charge is 0.202 e. The van der Waals surface area contributed by atoms with Gasteiger partial charge in [-0.2, -0.15) is 0 Å². The SMILES string of the molecule is C=C(/C=C\C(=C/C(C)CC)c1ccc(C)cc1/C(C)=C(/C)CC)C(C)(F)F. The highest BCUT2D eigenvalue weighted by atomic mass is 19.3. The van der Waals surface area contributed by atoms with E-state index in [0.717, 1.165) is 30.9 Å². The Kier molecular flexibility index (Phi) is 8.40. The fraction of sp³-hybridized carbons (Fsp3) is 0.440. The normalized spacial score (nSPS) is 15.1. The zero-order valence-electron chi connectivity index (χ0n) is 17.9. The molecular formula is C25H34F2. The van der Waals surface area contributed by atoms with E-state index in [1.54, 1.807) is 6.08 Å². The van der Waals surface area contributed by atoms with Gasteiger partial charge in [0.05, 0.1) is 0 Å². The van der Waals surface area contributed by atoms with Gasteiger partial charge in [-0.05, 0) is 55.4 Å². The highest BCUT2D eigenvalue weighted by molar-refractivity contribution is 5.84. The van der Waals surface area contributed by atoms with Crippen molar-refractivity contribution in [3.63, 3.8) is 0 Å². The van der Waals surface area contributed by atoms with Crippen molar-refractivity contribution in [2.75, 3.05) is 0 Å². The molecule has 27 heavy (non-hydrogen) atoms. The summed E-state index contributed by atoms with van der Waals surface area (Å²) in [5, 5.41) is 0. The molecule has 0 bridgehead atoms. The van der Waals surface area contributed by atoms with Crippen LogP contribution in [0.15, 0.2) is 54.2 Å². The van der Waals surface area contributed by atoms with Gasteiger partial charge in [-0.15, -0.1) is 0 Å². The Labute approximate surface area is 164 Å². The molecule has 1 unspecified atom stereocenters. The molecule has 0 radical (unpaired) electrons.